The van der Waals surface area contributed by atoms with E-state index in [0.717, 1.165) is 25.2 Å². The third-order valence-corrected chi connectivity index (χ3v) is 1.96. The molecule has 0 aromatic carbocycles. The van der Waals surface area contributed by atoms with Crippen molar-refractivity contribution < 1.29 is 0 Å². The van der Waals surface area contributed by atoms with Crippen molar-refractivity contribution in [1.82, 2.24) is 10.3 Å². The number of fused-ring (bicyclic) bond motifs is 1. The van der Waals surface area contributed by atoms with Gasteiger partial charge >= 0.3 is 0 Å². The van der Waals surface area contributed by atoms with Gasteiger partial charge < -0.3 is 10.3 Å². The number of aromatic amines is 1. The molecule has 4 heteroatoms. The Morgan fingerprint density at radius 3 is 3.00 bits per heavy atom. The minimum Gasteiger partial charge on any atom is -0.326 e. The Hall–Kier alpha value is -0.800. The molecule has 12 heavy (non-hydrogen) atoms. The van der Waals surface area contributed by atoms with Crippen molar-refractivity contribution in [3.05, 3.63) is 33.7 Å². The Morgan fingerprint density at radius 2 is 2.17 bits per heavy atom. The molecular formula is C8H11ClN2O. The van der Waals surface area contributed by atoms with Gasteiger partial charge in [0.15, 0.2) is 0 Å². The van der Waals surface area contributed by atoms with Crippen LogP contribution in [0.4, 0.5) is 0 Å². The van der Waals surface area contributed by atoms with Gasteiger partial charge in [-0.1, -0.05) is 6.07 Å². The number of halogens is 1. The molecule has 1 aliphatic rings. The Kier molecular flexibility index (Phi) is 2.89. The standard InChI is InChI=1S/C8H10N2O.ClH/c11-8-2-1-6-5-9-4-3-7(6)10-8;/h1-2,9H,3-5H2,(H,10,11);1H. The molecule has 0 amide bonds. The monoisotopic (exact) mass is 186 g/mol. The fourth-order valence-corrected chi connectivity index (χ4v) is 1.37. The Morgan fingerprint density at radius 1 is 1.33 bits per heavy atom. The average molecular weight is 187 g/mol. The highest BCUT2D eigenvalue weighted by molar-refractivity contribution is 5.85. The number of hydrogen-bond acceptors (Lipinski definition) is 2. The number of nitrogens with one attached hydrogen (secondary N) is 2. The first-order valence-electron chi connectivity index (χ1n) is 3.78. The van der Waals surface area contributed by atoms with Crippen LogP contribution in [-0.4, -0.2) is 11.5 Å². The van der Waals surface area contributed by atoms with Crippen LogP contribution in [0.1, 0.15) is 11.3 Å². The highest BCUT2D eigenvalue weighted by atomic mass is 35.5. The van der Waals surface area contributed by atoms with Crippen LogP contribution in [0, 0.1) is 0 Å². The SMILES string of the molecule is Cl.O=c1ccc2c([nH]1)CCNC2. The first kappa shape index (κ1) is 9.29. The van der Waals surface area contributed by atoms with Crippen molar-refractivity contribution in [3.63, 3.8) is 0 Å². The predicted molar refractivity (Wildman–Crippen MR) is 49.7 cm³/mol. The molecular weight excluding hydrogens is 176 g/mol. The maximum Gasteiger partial charge on any atom is 0.248 e. The second-order valence-corrected chi connectivity index (χ2v) is 2.75. The zero-order valence-corrected chi connectivity index (χ0v) is 7.41. The summed E-state index contributed by atoms with van der Waals surface area (Å²) in [6.45, 7) is 1.85. The molecule has 0 fully saturated rings. The van der Waals surface area contributed by atoms with E-state index < -0.39 is 0 Å². The molecule has 0 atom stereocenters. The lowest BCUT2D eigenvalue weighted by molar-refractivity contribution is 0.628. The van der Waals surface area contributed by atoms with Crippen LogP contribution in [0.25, 0.3) is 0 Å². The maximum atomic E-state index is 10.9. The van der Waals surface area contributed by atoms with Gasteiger partial charge in [0.05, 0.1) is 0 Å². The normalized spacial score (nSPS) is 14.7. The second-order valence-electron chi connectivity index (χ2n) is 2.75. The molecule has 1 aromatic heterocycles. The van der Waals surface area contributed by atoms with Crippen molar-refractivity contribution in [2.75, 3.05) is 6.54 Å². The van der Waals surface area contributed by atoms with Crippen LogP contribution in [0.5, 0.6) is 0 Å². The smallest absolute Gasteiger partial charge is 0.248 e. The van der Waals surface area contributed by atoms with Crippen molar-refractivity contribution in [2.45, 2.75) is 13.0 Å². The van der Waals surface area contributed by atoms with Gasteiger partial charge in [0.25, 0.3) is 0 Å². The van der Waals surface area contributed by atoms with E-state index in [-0.39, 0.29) is 18.0 Å². The van der Waals surface area contributed by atoms with E-state index in [2.05, 4.69) is 10.3 Å². The van der Waals surface area contributed by atoms with E-state index in [1.807, 2.05) is 6.07 Å². The maximum absolute atomic E-state index is 10.9. The molecule has 3 nitrogen and oxygen atoms in total. The lowest BCUT2D eigenvalue weighted by Gasteiger charge is -2.15. The highest BCUT2D eigenvalue weighted by Crippen LogP contribution is 2.06. The van der Waals surface area contributed by atoms with E-state index in [9.17, 15) is 4.79 Å². The topological polar surface area (TPSA) is 44.9 Å². The van der Waals surface area contributed by atoms with Gasteiger partial charge in [0, 0.05) is 31.3 Å². The van der Waals surface area contributed by atoms with Crippen molar-refractivity contribution in [1.29, 1.82) is 0 Å². The molecule has 2 N–H and O–H groups in total. The lowest BCUT2D eigenvalue weighted by Crippen LogP contribution is -2.26. The van der Waals surface area contributed by atoms with Crippen molar-refractivity contribution in [2.24, 2.45) is 0 Å². The van der Waals surface area contributed by atoms with Gasteiger partial charge in [-0.2, -0.15) is 0 Å². The summed E-state index contributed by atoms with van der Waals surface area (Å²) in [5, 5.41) is 3.24. The molecule has 0 saturated carbocycles. The van der Waals surface area contributed by atoms with Gasteiger partial charge in [-0.25, -0.2) is 0 Å². The molecule has 2 rings (SSSR count). The fourth-order valence-electron chi connectivity index (χ4n) is 1.37. The lowest BCUT2D eigenvalue weighted by atomic mass is 10.1. The van der Waals surface area contributed by atoms with E-state index in [1.165, 1.54) is 5.56 Å². The Balaban J connectivity index is 0.000000720. The van der Waals surface area contributed by atoms with Crippen LogP contribution in [0.3, 0.4) is 0 Å². The minimum atomic E-state index is 0. The van der Waals surface area contributed by atoms with E-state index in [1.54, 1.807) is 6.07 Å². The zero-order chi connectivity index (χ0) is 7.68. The van der Waals surface area contributed by atoms with E-state index in [4.69, 9.17) is 0 Å². The number of hydrogen-bond donors (Lipinski definition) is 2. The highest BCUT2D eigenvalue weighted by Gasteiger charge is 2.07. The summed E-state index contributed by atoms with van der Waals surface area (Å²) >= 11 is 0. The second kappa shape index (κ2) is 3.74. The molecule has 0 spiro atoms. The van der Waals surface area contributed by atoms with Gasteiger partial charge in [-0.15, -0.1) is 12.4 Å². The average Bonchev–Trinajstić information content (AvgIpc) is 2.04. The van der Waals surface area contributed by atoms with Crippen molar-refractivity contribution >= 4 is 12.4 Å². The van der Waals surface area contributed by atoms with Crippen LogP contribution in [0.15, 0.2) is 16.9 Å². The third-order valence-electron chi connectivity index (χ3n) is 1.96. The van der Waals surface area contributed by atoms with Gasteiger partial charge in [0.2, 0.25) is 5.56 Å². The summed E-state index contributed by atoms with van der Waals surface area (Å²) in [4.78, 5) is 13.7. The largest absolute Gasteiger partial charge is 0.326 e. The first-order chi connectivity index (χ1) is 5.36. The predicted octanol–water partition coefficient (Wildman–Crippen LogP) is 0.442. The molecule has 0 radical (unpaired) electrons. The summed E-state index contributed by atoms with van der Waals surface area (Å²) in [6, 6.07) is 3.46. The minimum absolute atomic E-state index is 0. The first-order valence-corrected chi connectivity index (χ1v) is 3.78. The fraction of sp³-hybridized carbons (Fsp3) is 0.375. The van der Waals surface area contributed by atoms with Crippen LogP contribution >= 0.6 is 12.4 Å². The summed E-state index contributed by atoms with van der Waals surface area (Å²) in [5.41, 5.74) is 2.32. The summed E-state index contributed by atoms with van der Waals surface area (Å²) < 4.78 is 0. The number of aromatic nitrogens is 1. The van der Waals surface area contributed by atoms with Gasteiger partial charge in [-0.3, -0.25) is 4.79 Å². The van der Waals surface area contributed by atoms with Gasteiger partial charge in [0.1, 0.15) is 0 Å². The van der Waals surface area contributed by atoms with Crippen molar-refractivity contribution in [3.8, 4) is 0 Å². The quantitative estimate of drug-likeness (QED) is 0.618. The summed E-state index contributed by atoms with van der Waals surface area (Å²) in [7, 11) is 0. The third kappa shape index (κ3) is 1.68. The number of H-pyrrole nitrogens is 1. The molecule has 2 heterocycles. The van der Waals surface area contributed by atoms with Crippen LogP contribution in [-0.2, 0) is 13.0 Å². The summed E-state index contributed by atoms with van der Waals surface area (Å²) in [5.74, 6) is 0. The molecule has 0 bridgehead atoms. The zero-order valence-electron chi connectivity index (χ0n) is 6.59. The molecule has 0 aliphatic carbocycles. The summed E-state index contributed by atoms with van der Waals surface area (Å²) in [6.07, 6.45) is 0.936. The molecule has 0 unspecified atom stereocenters. The molecule has 1 aromatic rings. The van der Waals surface area contributed by atoms with Crippen LogP contribution in [0.2, 0.25) is 0 Å². The Bertz CT molecular complexity index is 321. The van der Waals surface area contributed by atoms with E-state index in [0.29, 0.717) is 0 Å². The van der Waals surface area contributed by atoms with Gasteiger partial charge in [-0.05, 0) is 5.56 Å². The molecule has 66 valence electrons. The van der Waals surface area contributed by atoms with E-state index >= 15 is 0 Å². The number of pyridine rings is 1. The van der Waals surface area contributed by atoms with Crippen LogP contribution < -0.4 is 10.9 Å². The molecule has 1 aliphatic heterocycles. The number of rotatable bonds is 0. The Labute approximate surface area is 76.6 Å². The molecule has 0 saturated heterocycles.